The highest BCUT2D eigenvalue weighted by molar-refractivity contribution is 7.99. The molecule has 0 N–H and O–H groups in total. The zero-order valence-electron chi connectivity index (χ0n) is 34.5. The molecule has 0 amide bonds. The van der Waals surface area contributed by atoms with E-state index in [4.69, 9.17) is 0 Å². The van der Waals surface area contributed by atoms with Gasteiger partial charge in [-0.25, -0.2) is 0 Å². The number of allylic oxidation sites excluding steroid dienone is 1. The molecule has 0 radical (unpaired) electrons. The van der Waals surface area contributed by atoms with Crippen LogP contribution in [0.4, 0.5) is 0 Å². The van der Waals surface area contributed by atoms with Crippen molar-refractivity contribution in [3.8, 4) is 0 Å². The molecule has 0 saturated heterocycles. The van der Waals surface area contributed by atoms with Crippen molar-refractivity contribution >= 4 is 11.8 Å². The Hall–Kier alpha value is 0.0500. The van der Waals surface area contributed by atoms with Gasteiger partial charge >= 0.3 is 0 Å². The van der Waals surface area contributed by atoms with Crippen molar-refractivity contribution < 1.29 is 0 Å². The summed E-state index contributed by atoms with van der Waals surface area (Å²) in [6.07, 6.45) is 33.3. The van der Waals surface area contributed by atoms with E-state index in [0.29, 0.717) is 0 Å². The number of rotatable bonds is 27. The average Bonchev–Trinajstić information content (AvgIpc) is 3.05. The van der Waals surface area contributed by atoms with Gasteiger partial charge in [0.1, 0.15) is 0 Å². The number of hydrogen-bond donors (Lipinski definition) is 0. The maximum absolute atomic E-state index is 4.50. The van der Waals surface area contributed by atoms with Gasteiger partial charge in [0.2, 0.25) is 0 Å². The maximum Gasteiger partial charge on any atom is 0.00732 e. The van der Waals surface area contributed by atoms with Gasteiger partial charge in [0.05, 0.1) is 0 Å². The summed E-state index contributed by atoms with van der Waals surface area (Å²) in [5.74, 6) is 9.41. The molecule has 0 aromatic heterocycles. The number of thioether (sulfide) groups is 1. The third-order valence-corrected chi connectivity index (χ3v) is 15.3. The maximum atomic E-state index is 4.50. The first kappa shape index (κ1) is 44.2. The molecule has 2 aliphatic rings. The highest BCUT2D eigenvalue weighted by Gasteiger charge is 2.29. The molecule has 2 heteroatoms. The average molecular weight is 688 g/mol. The monoisotopic (exact) mass is 688 g/mol. The van der Waals surface area contributed by atoms with Gasteiger partial charge in [-0.2, -0.15) is 11.8 Å². The Balaban J connectivity index is 1.48. The van der Waals surface area contributed by atoms with Crippen LogP contribution in [-0.2, 0) is 0 Å². The first-order valence-corrected chi connectivity index (χ1v) is 23.0. The number of hydrogen-bond acceptors (Lipinski definition) is 2. The van der Waals surface area contributed by atoms with E-state index >= 15 is 0 Å². The van der Waals surface area contributed by atoms with Crippen LogP contribution >= 0.6 is 11.8 Å². The molecule has 1 nitrogen and oxygen atoms in total. The lowest BCUT2D eigenvalue weighted by atomic mass is 9.71. The minimum absolute atomic E-state index is 0.818. The van der Waals surface area contributed by atoms with Crippen molar-refractivity contribution in [2.24, 2.45) is 53.3 Å². The molecule has 0 bridgehead atoms. The van der Waals surface area contributed by atoms with Crippen LogP contribution in [-0.4, -0.2) is 36.5 Å². The van der Waals surface area contributed by atoms with Gasteiger partial charge in [-0.05, 0) is 132 Å². The molecule has 284 valence electrons. The highest BCUT2D eigenvalue weighted by Crippen LogP contribution is 2.41. The van der Waals surface area contributed by atoms with E-state index in [1.165, 1.54) is 160 Å². The number of nitrogens with zero attached hydrogens (tertiary/aromatic N) is 1. The number of unbranched alkanes of at least 4 members (excludes halogenated alkanes) is 10. The van der Waals surface area contributed by atoms with E-state index in [0.717, 1.165) is 58.5 Å². The fourth-order valence-electron chi connectivity index (χ4n) is 9.10. The van der Waals surface area contributed by atoms with Crippen LogP contribution in [0.2, 0.25) is 0 Å². The summed E-state index contributed by atoms with van der Waals surface area (Å²) >= 11 is 2.29. The second kappa shape index (κ2) is 25.9. The largest absolute Gasteiger partial charge is 0.309 e. The molecular weight excluding hydrogens is 599 g/mol. The van der Waals surface area contributed by atoms with Gasteiger partial charge in [-0.15, -0.1) is 0 Å². The van der Waals surface area contributed by atoms with Crippen LogP contribution in [0.3, 0.4) is 0 Å². The molecule has 0 aromatic rings. The van der Waals surface area contributed by atoms with Gasteiger partial charge in [0.25, 0.3) is 0 Å². The zero-order chi connectivity index (χ0) is 35.3. The molecule has 2 fully saturated rings. The molecule has 2 rings (SSSR count). The Bertz CT molecular complexity index is 789. The van der Waals surface area contributed by atoms with Crippen LogP contribution < -0.4 is 0 Å². The third kappa shape index (κ3) is 19.0. The predicted octanol–water partition coefficient (Wildman–Crippen LogP) is 14.9. The molecule has 48 heavy (non-hydrogen) atoms. The first-order valence-electron chi connectivity index (χ1n) is 21.9. The molecule has 0 heterocycles. The molecular formula is C46H89NS. The molecule has 2 saturated carbocycles. The van der Waals surface area contributed by atoms with Crippen LogP contribution in [0.25, 0.3) is 0 Å². The summed E-state index contributed by atoms with van der Waals surface area (Å²) in [6, 6.07) is 0. The Morgan fingerprint density at radius 2 is 1.25 bits per heavy atom. The molecule has 9 atom stereocenters. The fourth-order valence-corrected chi connectivity index (χ4v) is 10.6. The second-order valence-corrected chi connectivity index (χ2v) is 19.9. The van der Waals surface area contributed by atoms with E-state index in [-0.39, 0.29) is 0 Å². The SMILES string of the molecule is C=C(CCCCCCCCCCCCCC1CCC(CCC(SCCN(C)C)C(C)CCC(C)C(C)C)C(C)C1)C1CCC(C)C(C)C1. The normalized spacial score (nSPS) is 27.0. The zero-order valence-corrected chi connectivity index (χ0v) is 35.3. The van der Waals surface area contributed by atoms with E-state index in [9.17, 15) is 0 Å². The smallest absolute Gasteiger partial charge is 0.00732 e. The standard InChI is InChI=1S/C46H89NS/c1-36(2)37(3)24-25-40(6)46(48-33-32-47(9)10)31-30-44-29-27-43(34-42(44)8)23-21-19-17-15-13-11-12-14-16-18-20-22-39(5)45-28-26-38(4)41(7)35-45/h36-38,40-46H,5,11-35H2,1-4,6-10H3. The Labute approximate surface area is 308 Å². The first-order chi connectivity index (χ1) is 23.0. The lowest BCUT2D eigenvalue weighted by molar-refractivity contribution is 0.171. The van der Waals surface area contributed by atoms with Crippen molar-refractivity contribution in [3.05, 3.63) is 12.2 Å². The second-order valence-electron chi connectivity index (χ2n) is 18.5. The quantitative estimate of drug-likeness (QED) is 0.0624. The highest BCUT2D eigenvalue weighted by atomic mass is 32.2. The lowest BCUT2D eigenvalue weighted by Gasteiger charge is -2.36. The van der Waals surface area contributed by atoms with Gasteiger partial charge in [0, 0.05) is 17.5 Å². The molecule has 2 aliphatic carbocycles. The van der Waals surface area contributed by atoms with Gasteiger partial charge in [-0.3, -0.25) is 0 Å². The van der Waals surface area contributed by atoms with Crippen LogP contribution in [0, 0.1) is 53.3 Å². The Morgan fingerprint density at radius 1 is 0.646 bits per heavy atom. The summed E-state index contributed by atoms with van der Waals surface area (Å²) in [5, 5.41) is 0.851. The van der Waals surface area contributed by atoms with Crippen molar-refractivity contribution in [1.29, 1.82) is 0 Å². The predicted molar refractivity (Wildman–Crippen MR) is 221 cm³/mol. The summed E-state index contributed by atoms with van der Waals surface area (Å²) in [4.78, 5) is 2.36. The van der Waals surface area contributed by atoms with E-state index in [1.54, 1.807) is 5.57 Å². The lowest BCUT2D eigenvalue weighted by Crippen LogP contribution is -2.26. The van der Waals surface area contributed by atoms with E-state index < -0.39 is 0 Å². The summed E-state index contributed by atoms with van der Waals surface area (Å²) in [5.41, 5.74) is 1.58. The molecule has 0 aromatic carbocycles. The van der Waals surface area contributed by atoms with Crippen LogP contribution in [0.15, 0.2) is 12.2 Å². The van der Waals surface area contributed by atoms with Crippen LogP contribution in [0.1, 0.15) is 196 Å². The van der Waals surface area contributed by atoms with Crippen molar-refractivity contribution in [3.63, 3.8) is 0 Å². The van der Waals surface area contributed by atoms with E-state index in [1.807, 2.05) is 0 Å². The van der Waals surface area contributed by atoms with Crippen molar-refractivity contribution in [1.82, 2.24) is 4.90 Å². The summed E-state index contributed by atoms with van der Waals surface area (Å²) in [6.45, 7) is 23.0. The third-order valence-electron chi connectivity index (χ3n) is 13.8. The topological polar surface area (TPSA) is 3.24 Å². The van der Waals surface area contributed by atoms with Crippen molar-refractivity contribution in [2.45, 2.75) is 201 Å². The van der Waals surface area contributed by atoms with Gasteiger partial charge in [0.15, 0.2) is 0 Å². The van der Waals surface area contributed by atoms with Gasteiger partial charge in [-0.1, -0.05) is 144 Å². The fraction of sp³-hybridized carbons (Fsp3) is 0.957. The molecule has 0 spiro atoms. The molecule has 0 aliphatic heterocycles. The van der Waals surface area contributed by atoms with Crippen LogP contribution in [0.5, 0.6) is 0 Å². The Kier molecular flexibility index (Phi) is 23.9. The van der Waals surface area contributed by atoms with E-state index in [2.05, 4.69) is 85.8 Å². The minimum atomic E-state index is 0.818. The molecule has 9 unspecified atom stereocenters. The summed E-state index contributed by atoms with van der Waals surface area (Å²) in [7, 11) is 4.45. The van der Waals surface area contributed by atoms with Gasteiger partial charge < -0.3 is 4.90 Å². The minimum Gasteiger partial charge on any atom is -0.309 e. The Morgan fingerprint density at radius 3 is 1.83 bits per heavy atom. The van der Waals surface area contributed by atoms with Crippen molar-refractivity contribution in [2.75, 3.05) is 26.4 Å². The summed E-state index contributed by atoms with van der Waals surface area (Å²) < 4.78 is 0.